The van der Waals surface area contributed by atoms with Crippen LogP contribution in [0.1, 0.15) is 49.5 Å². The Morgan fingerprint density at radius 2 is 2.09 bits per heavy atom. The van der Waals surface area contributed by atoms with Crippen molar-refractivity contribution < 1.29 is 27.8 Å². The van der Waals surface area contributed by atoms with E-state index >= 15 is 0 Å². The molecular weight excluding hydrogens is 465 g/mol. The van der Waals surface area contributed by atoms with Gasteiger partial charge in [-0.15, -0.1) is 13.2 Å². The Morgan fingerprint density at radius 1 is 1.37 bits per heavy atom. The SMILES string of the molecule is N#CCC1(n2cc(C(N)O)c(NC(=O)C3CC3)n2)CCN(Cc2cccc(OC(F)(F)F)c2)CC1. The first-order chi connectivity index (χ1) is 16.6. The van der Waals surface area contributed by atoms with E-state index in [1.807, 2.05) is 0 Å². The number of carbonyl (C=O) groups is 1. The number of rotatable bonds is 8. The van der Waals surface area contributed by atoms with Gasteiger partial charge in [-0.2, -0.15) is 10.4 Å². The van der Waals surface area contributed by atoms with Crippen LogP contribution in [-0.4, -0.2) is 45.1 Å². The molecule has 188 valence electrons. The highest BCUT2D eigenvalue weighted by Crippen LogP contribution is 2.37. The highest BCUT2D eigenvalue weighted by Gasteiger charge is 2.39. The Morgan fingerprint density at radius 3 is 2.69 bits per heavy atom. The number of piperidine rings is 1. The predicted molar refractivity (Wildman–Crippen MR) is 119 cm³/mol. The van der Waals surface area contributed by atoms with Crippen LogP contribution in [0.25, 0.3) is 0 Å². The van der Waals surface area contributed by atoms with Gasteiger partial charge < -0.3 is 20.9 Å². The van der Waals surface area contributed by atoms with E-state index in [0.717, 1.165) is 12.8 Å². The lowest BCUT2D eigenvalue weighted by atomic mass is 9.84. The fourth-order valence-electron chi connectivity index (χ4n) is 4.37. The van der Waals surface area contributed by atoms with E-state index in [1.165, 1.54) is 18.2 Å². The van der Waals surface area contributed by atoms with Crippen LogP contribution >= 0.6 is 0 Å². The molecule has 4 rings (SSSR count). The molecule has 2 aliphatic rings. The summed E-state index contributed by atoms with van der Waals surface area (Å²) < 4.78 is 43.2. The maximum Gasteiger partial charge on any atom is 0.573 e. The number of nitriles is 1. The molecule has 1 amide bonds. The molecule has 35 heavy (non-hydrogen) atoms. The second kappa shape index (κ2) is 9.85. The van der Waals surface area contributed by atoms with E-state index in [0.29, 0.717) is 38.0 Å². The minimum absolute atomic E-state index is 0.0562. The van der Waals surface area contributed by atoms with Crippen molar-refractivity contribution >= 4 is 11.7 Å². The van der Waals surface area contributed by atoms with E-state index in [9.17, 15) is 28.3 Å². The molecule has 1 saturated heterocycles. The summed E-state index contributed by atoms with van der Waals surface area (Å²) in [5.74, 6) is -0.300. The van der Waals surface area contributed by atoms with Crippen molar-refractivity contribution in [1.82, 2.24) is 14.7 Å². The fourth-order valence-corrected chi connectivity index (χ4v) is 4.37. The summed E-state index contributed by atoms with van der Waals surface area (Å²) in [6.07, 6.45) is -1.65. The molecule has 0 bridgehead atoms. The number of alkyl halides is 3. The maximum absolute atomic E-state index is 12.5. The third-order valence-corrected chi connectivity index (χ3v) is 6.47. The molecule has 2 fully saturated rings. The van der Waals surface area contributed by atoms with Gasteiger partial charge in [0.1, 0.15) is 12.0 Å². The summed E-state index contributed by atoms with van der Waals surface area (Å²) in [4.78, 5) is 14.3. The number of hydrogen-bond donors (Lipinski definition) is 3. The number of aliphatic hydroxyl groups excluding tert-OH is 1. The zero-order valence-electron chi connectivity index (χ0n) is 19.0. The van der Waals surface area contributed by atoms with Crippen LogP contribution in [0.5, 0.6) is 5.75 Å². The molecule has 4 N–H and O–H groups in total. The number of carbonyl (C=O) groups excluding carboxylic acids is 1. The summed E-state index contributed by atoms with van der Waals surface area (Å²) >= 11 is 0. The molecule has 1 aromatic heterocycles. The van der Waals surface area contributed by atoms with E-state index in [1.54, 1.807) is 16.9 Å². The number of nitrogens with zero attached hydrogens (tertiary/aromatic N) is 4. The van der Waals surface area contributed by atoms with Crippen LogP contribution < -0.4 is 15.8 Å². The molecule has 1 atom stereocenters. The average Bonchev–Trinajstić information content (AvgIpc) is 3.54. The topological polar surface area (TPSA) is 129 Å². The minimum atomic E-state index is -4.75. The van der Waals surface area contributed by atoms with Crippen LogP contribution in [0.15, 0.2) is 30.5 Å². The van der Waals surface area contributed by atoms with Crippen molar-refractivity contribution in [1.29, 1.82) is 5.26 Å². The molecule has 2 heterocycles. The second-order valence-corrected chi connectivity index (χ2v) is 9.12. The highest BCUT2D eigenvalue weighted by atomic mass is 19.4. The monoisotopic (exact) mass is 492 g/mol. The number of nitrogens with one attached hydrogen (secondary N) is 1. The zero-order chi connectivity index (χ0) is 25.2. The van der Waals surface area contributed by atoms with E-state index in [-0.39, 0.29) is 35.4 Å². The van der Waals surface area contributed by atoms with Crippen LogP contribution in [0.2, 0.25) is 0 Å². The van der Waals surface area contributed by atoms with Crippen molar-refractivity contribution in [2.45, 2.75) is 56.8 Å². The number of aromatic nitrogens is 2. The first-order valence-electron chi connectivity index (χ1n) is 11.4. The maximum atomic E-state index is 12.5. The largest absolute Gasteiger partial charge is 0.573 e. The second-order valence-electron chi connectivity index (χ2n) is 9.12. The molecule has 1 aromatic carbocycles. The molecule has 1 aliphatic heterocycles. The molecule has 1 aliphatic carbocycles. The van der Waals surface area contributed by atoms with Crippen molar-refractivity contribution in [3.63, 3.8) is 0 Å². The van der Waals surface area contributed by atoms with E-state index in [4.69, 9.17) is 5.73 Å². The Balaban J connectivity index is 1.47. The standard InChI is InChI=1S/C23H27F3N6O3/c24-23(25,26)35-17-3-1-2-15(12-17)13-31-10-7-22(6-9-27,8-11-31)32-14-18(19(28)33)20(30-32)29-21(34)16-4-5-16/h1-3,12,14,16,19,33H,4-8,10-11,13,28H2,(H,29,30,34). The van der Waals surface area contributed by atoms with Gasteiger partial charge in [0, 0.05) is 31.7 Å². The number of aliphatic hydroxyl groups is 1. The number of benzene rings is 1. The van der Waals surface area contributed by atoms with Crippen molar-refractivity contribution in [3.05, 3.63) is 41.6 Å². The van der Waals surface area contributed by atoms with Gasteiger partial charge in [0.05, 0.1) is 23.6 Å². The summed E-state index contributed by atoms with van der Waals surface area (Å²) in [7, 11) is 0. The lowest BCUT2D eigenvalue weighted by Crippen LogP contribution is -2.46. The van der Waals surface area contributed by atoms with Crippen molar-refractivity contribution in [2.24, 2.45) is 11.7 Å². The number of likely N-dealkylation sites (tertiary alicyclic amines) is 1. The highest BCUT2D eigenvalue weighted by molar-refractivity contribution is 5.93. The molecule has 2 aromatic rings. The van der Waals surface area contributed by atoms with Gasteiger partial charge in [0.15, 0.2) is 5.82 Å². The van der Waals surface area contributed by atoms with Gasteiger partial charge in [-0.1, -0.05) is 12.1 Å². The Bertz CT molecular complexity index is 1100. The van der Waals surface area contributed by atoms with Gasteiger partial charge in [0.25, 0.3) is 0 Å². The van der Waals surface area contributed by atoms with Crippen molar-refractivity contribution in [2.75, 3.05) is 18.4 Å². The number of nitrogens with two attached hydrogens (primary N) is 1. The first-order valence-corrected chi connectivity index (χ1v) is 11.4. The smallest absolute Gasteiger partial charge is 0.406 e. The Labute approximate surface area is 200 Å². The third kappa shape index (κ3) is 6.11. The quantitative estimate of drug-likeness (QED) is 0.483. The molecule has 1 saturated carbocycles. The Kier molecular flexibility index (Phi) is 7.02. The number of ether oxygens (including phenoxy) is 1. The van der Waals surface area contributed by atoms with Crippen LogP contribution in [0, 0.1) is 17.2 Å². The molecule has 12 heteroatoms. The lowest BCUT2D eigenvalue weighted by Gasteiger charge is -2.40. The number of anilines is 1. The predicted octanol–water partition coefficient (Wildman–Crippen LogP) is 2.98. The summed E-state index contributed by atoms with van der Waals surface area (Å²) in [6, 6.07) is 8.08. The molecule has 0 spiro atoms. The van der Waals surface area contributed by atoms with Crippen molar-refractivity contribution in [3.8, 4) is 11.8 Å². The number of halogens is 3. The summed E-state index contributed by atoms with van der Waals surface area (Å²) in [5.41, 5.74) is 5.99. The lowest BCUT2D eigenvalue weighted by molar-refractivity contribution is -0.274. The number of hydrogen-bond acceptors (Lipinski definition) is 7. The van der Waals surface area contributed by atoms with Crippen LogP contribution in [-0.2, 0) is 16.9 Å². The van der Waals surface area contributed by atoms with Gasteiger partial charge in [-0.3, -0.25) is 14.4 Å². The number of amides is 1. The van der Waals surface area contributed by atoms with E-state index < -0.39 is 18.1 Å². The average molecular weight is 493 g/mol. The van der Waals surface area contributed by atoms with Gasteiger partial charge in [-0.25, -0.2) is 0 Å². The Hall–Kier alpha value is -3.14. The summed E-state index contributed by atoms with van der Waals surface area (Å²) in [5, 5.41) is 26.8. The first kappa shape index (κ1) is 25.0. The molecular formula is C23H27F3N6O3. The third-order valence-electron chi connectivity index (χ3n) is 6.47. The van der Waals surface area contributed by atoms with Gasteiger partial charge in [0.2, 0.25) is 5.91 Å². The normalized spacial score (nSPS) is 19.1. The molecule has 1 unspecified atom stereocenters. The van der Waals surface area contributed by atoms with Crippen LogP contribution in [0.3, 0.4) is 0 Å². The van der Waals surface area contributed by atoms with Gasteiger partial charge in [-0.05, 0) is 43.4 Å². The van der Waals surface area contributed by atoms with Crippen LogP contribution in [0.4, 0.5) is 19.0 Å². The fraction of sp³-hybridized carbons (Fsp3) is 0.522. The molecule has 9 nitrogen and oxygen atoms in total. The summed E-state index contributed by atoms with van der Waals surface area (Å²) in [6.45, 7) is 1.55. The molecule has 0 radical (unpaired) electrons. The van der Waals surface area contributed by atoms with Gasteiger partial charge >= 0.3 is 6.36 Å². The van der Waals surface area contributed by atoms with E-state index in [2.05, 4.69) is 26.1 Å². The zero-order valence-corrected chi connectivity index (χ0v) is 19.0. The minimum Gasteiger partial charge on any atom is -0.406 e.